The number of carbonyl (C=O) groups excluding carboxylic acids is 1. The van der Waals surface area contributed by atoms with Gasteiger partial charge in [0.25, 0.3) is 0 Å². The van der Waals surface area contributed by atoms with Gasteiger partial charge in [0.2, 0.25) is 5.91 Å². The lowest BCUT2D eigenvalue weighted by atomic mass is 9.93. The van der Waals surface area contributed by atoms with Gasteiger partial charge in [-0.15, -0.1) is 0 Å². The van der Waals surface area contributed by atoms with E-state index < -0.39 is 0 Å². The van der Waals surface area contributed by atoms with Gasteiger partial charge in [-0.1, -0.05) is 0 Å². The maximum absolute atomic E-state index is 12.2. The Morgan fingerprint density at radius 1 is 1.23 bits per heavy atom. The Balaban J connectivity index is 1.68. The van der Waals surface area contributed by atoms with Crippen molar-refractivity contribution in [2.24, 2.45) is 5.92 Å². The lowest BCUT2D eigenvalue weighted by Gasteiger charge is -2.37. The molecular weight excluding hydrogens is 296 g/mol. The topological polar surface area (TPSA) is 32.8 Å². The fourth-order valence-corrected chi connectivity index (χ4v) is 3.98. The molecule has 2 aliphatic heterocycles. The summed E-state index contributed by atoms with van der Waals surface area (Å²) in [5.74, 6) is 1.10. The van der Waals surface area contributed by atoms with Crippen LogP contribution in [0.3, 0.4) is 0 Å². The summed E-state index contributed by atoms with van der Waals surface area (Å²) in [6.07, 6.45) is 6.33. The van der Waals surface area contributed by atoms with E-state index in [4.69, 9.17) is 4.74 Å². The molecule has 0 aromatic rings. The highest BCUT2D eigenvalue weighted by Crippen LogP contribution is 2.23. The van der Waals surface area contributed by atoms with Crippen LogP contribution in [0.2, 0.25) is 0 Å². The van der Waals surface area contributed by atoms with Gasteiger partial charge >= 0.3 is 0 Å². The Labute approximate surface area is 139 Å². The number of morpholine rings is 1. The predicted molar refractivity (Wildman–Crippen MR) is 93.3 cm³/mol. The third-order valence-electron chi connectivity index (χ3n) is 4.98. The minimum atomic E-state index is 0.105. The molecule has 0 unspecified atom stereocenters. The van der Waals surface area contributed by atoms with E-state index >= 15 is 0 Å². The van der Waals surface area contributed by atoms with Crippen molar-refractivity contribution in [1.29, 1.82) is 0 Å². The van der Waals surface area contributed by atoms with Gasteiger partial charge in [-0.05, 0) is 58.8 Å². The second-order valence-electron chi connectivity index (χ2n) is 6.95. The Morgan fingerprint density at radius 3 is 2.36 bits per heavy atom. The average Bonchev–Trinajstić information content (AvgIpc) is 2.51. The van der Waals surface area contributed by atoms with E-state index in [0.29, 0.717) is 18.1 Å². The van der Waals surface area contributed by atoms with Gasteiger partial charge in [0.1, 0.15) is 0 Å². The van der Waals surface area contributed by atoms with Crippen molar-refractivity contribution >= 4 is 17.7 Å². The van der Waals surface area contributed by atoms with Gasteiger partial charge in [0.15, 0.2) is 0 Å². The summed E-state index contributed by atoms with van der Waals surface area (Å²) in [5, 5.41) is 0.105. The fourth-order valence-electron chi connectivity index (χ4n) is 3.63. The first-order valence-corrected chi connectivity index (χ1v) is 9.97. The quantitative estimate of drug-likeness (QED) is 0.776. The summed E-state index contributed by atoms with van der Waals surface area (Å²) in [5.41, 5.74) is 0. The van der Waals surface area contributed by atoms with E-state index in [0.717, 1.165) is 32.1 Å². The summed E-state index contributed by atoms with van der Waals surface area (Å²) in [6.45, 7) is 11.5. The van der Waals surface area contributed by atoms with Crippen LogP contribution in [0, 0.1) is 5.92 Å². The molecule has 22 heavy (non-hydrogen) atoms. The van der Waals surface area contributed by atoms with Crippen LogP contribution in [-0.4, -0.2) is 72.1 Å². The minimum absolute atomic E-state index is 0.105. The van der Waals surface area contributed by atoms with Crippen molar-refractivity contribution < 1.29 is 9.53 Å². The number of ether oxygens (including phenoxy) is 1. The third kappa shape index (κ3) is 5.14. The first-order chi connectivity index (χ1) is 10.5. The molecule has 2 heterocycles. The van der Waals surface area contributed by atoms with E-state index in [-0.39, 0.29) is 5.25 Å². The molecule has 0 aliphatic carbocycles. The zero-order valence-corrected chi connectivity index (χ0v) is 15.4. The van der Waals surface area contributed by atoms with Crippen LogP contribution in [0.15, 0.2) is 0 Å². The third-order valence-corrected chi connectivity index (χ3v) is 5.89. The molecule has 0 spiro atoms. The number of rotatable bonds is 5. The van der Waals surface area contributed by atoms with Crippen LogP contribution in [0.25, 0.3) is 0 Å². The largest absolute Gasteiger partial charge is 0.373 e. The van der Waals surface area contributed by atoms with E-state index in [1.54, 1.807) is 11.8 Å². The van der Waals surface area contributed by atoms with E-state index in [1.807, 2.05) is 13.2 Å². The molecule has 3 atom stereocenters. The van der Waals surface area contributed by atoms with Crippen molar-refractivity contribution in [3.05, 3.63) is 0 Å². The first-order valence-electron chi connectivity index (χ1n) is 8.69. The lowest BCUT2D eigenvalue weighted by molar-refractivity contribution is -0.131. The molecule has 2 saturated heterocycles. The molecule has 128 valence electrons. The van der Waals surface area contributed by atoms with E-state index in [1.165, 1.54) is 25.8 Å². The Kier molecular flexibility index (Phi) is 7.03. The van der Waals surface area contributed by atoms with Crippen molar-refractivity contribution in [3.8, 4) is 0 Å². The molecule has 0 radical (unpaired) electrons. The smallest absolute Gasteiger partial charge is 0.235 e. The number of carbonyl (C=O) groups is 1. The van der Waals surface area contributed by atoms with Crippen molar-refractivity contribution in [2.45, 2.75) is 57.5 Å². The molecule has 2 rings (SSSR count). The van der Waals surface area contributed by atoms with Gasteiger partial charge in [-0.25, -0.2) is 0 Å². The predicted octanol–water partition coefficient (Wildman–Crippen LogP) is 2.48. The zero-order valence-electron chi connectivity index (χ0n) is 14.6. The van der Waals surface area contributed by atoms with E-state index in [2.05, 4.69) is 23.6 Å². The molecule has 2 fully saturated rings. The van der Waals surface area contributed by atoms with Crippen molar-refractivity contribution in [2.75, 3.05) is 39.0 Å². The molecule has 0 aromatic heterocycles. The Morgan fingerprint density at radius 2 is 1.82 bits per heavy atom. The average molecular weight is 329 g/mol. The molecule has 0 saturated carbocycles. The molecule has 5 heteroatoms. The van der Waals surface area contributed by atoms with Crippen molar-refractivity contribution in [3.63, 3.8) is 0 Å². The van der Waals surface area contributed by atoms with Crippen LogP contribution in [-0.2, 0) is 9.53 Å². The maximum Gasteiger partial charge on any atom is 0.235 e. The van der Waals surface area contributed by atoms with E-state index in [9.17, 15) is 4.79 Å². The molecule has 0 aromatic carbocycles. The number of piperidine rings is 1. The van der Waals surface area contributed by atoms with Gasteiger partial charge < -0.3 is 9.64 Å². The van der Waals surface area contributed by atoms with Gasteiger partial charge in [0, 0.05) is 26.2 Å². The van der Waals surface area contributed by atoms with Crippen molar-refractivity contribution in [1.82, 2.24) is 9.80 Å². The highest BCUT2D eigenvalue weighted by Gasteiger charge is 2.27. The van der Waals surface area contributed by atoms with Crippen LogP contribution in [0.1, 0.15) is 40.0 Å². The molecule has 2 aliphatic rings. The zero-order chi connectivity index (χ0) is 16.1. The molecular formula is C17H32N2O2S. The molecule has 1 amide bonds. The fraction of sp³-hybridized carbons (Fsp3) is 0.941. The number of nitrogens with zero attached hydrogens (tertiary/aromatic N) is 2. The highest BCUT2D eigenvalue weighted by atomic mass is 32.2. The van der Waals surface area contributed by atoms with Crippen LogP contribution < -0.4 is 0 Å². The molecule has 0 N–H and O–H groups in total. The number of hydrogen-bond donors (Lipinski definition) is 0. The highest BCUT2D eigenvalue weighted by molar-refractivity contribution is 7.99. The molecule has 0 bridgehead atoms. The first kappa shape index (κ1) is 18.1. The Bertz CT molecular complexity index is 349. The number of amides is 1. The molecule has 4 nitrogen and oxygen atoms in total. The number of hydrogen-bond acceptors (Lipinski definition) is 4. The minimum Gasteiger partial charge on any atom is -0.373 e. The Hall–Kier alpha value is -0.260. The standard InChI is InChI=1S/C17H32N2O2S/c1-13-11-18(12-14(2)21-13)8-5-16-6-9-19(10-7-16)17(20)15(3)22-4/h13-16H,5-12H2,1-4H3/t13-,14+,15-/m0/s1. The van der Waals surface area contributed by atoms with Gasteiger partial charge in [-0.3, -0.25) is 9.69 Å². The van der Waals surface area contributed by atoms with Crippen LogP contribution >= 0.6 is 11.8 Å². The summed E-state index contributed by atoms with van der Waals surface area (Å²) < 4.78 is 5.79. The summed E-state index contributed by atoms with van der Waals surface area (Å²) in [4.78, 5) is 16.8. The monoisotopic (exact) mass is 328 g/mol. The van der Waals surface area contributed by atoms with Gasteiger partial charge in [-0.2, -0.15) is 11.8 Å². The summed E-state index contributed by atoms with van der Waals surface area (Å²) in [6, 6.07) is 0. The second kappa shape index (κ2) is 8.55. The van der Waals surface area contributed by atoms with Crippen LogP contribution in [0.5, 0.6) is 0 Å². The van der Waals surface area contributed by atoms with Gasteiger partial charge in [0.05, 0.1) is 17.5 Å². The number of likely N-dealkylation sites (tertiary alicyclic amines) is 1. The summed E-state index contributed by atoms with van der Waals surface area (Å²) in [7, 11) is 0. The SMILES string of the molecule is CS[C@@H](C)C(=O)N1CCC(CCN2C[C@@H](C)O[C@@H](C)C2)CC1. The summed E-state index contributed by atoms with van der Waals surface area (Å²) >= 11 is 1.65. The second-order valence-corrected chi connectivity index (χ2v) is 8.13. The number of thioether (sulfide) groups is 1. The normalized spacial score (nSPS) is 29.5. The lowest BCUT2D eigenvalue weighted by Crippen LogP contribution is -2.46. The van der Waals surface area contributed by atoms with Crippen LogP contribution in [0.4, 0.5) is 0 Å². The maximum atomic E-state index is 12.2.